The lowest BCUT2D eigenvalue weighted by atomic mass is 9.97. The van der Waals surface area contributed by atoms with E-state index in [2.05, 4.69) is 0 Å². The van der Waals surface area contributed by atoms with Crippen LogP contribution in [-0.4, -0.2) is 117 Å². The van der Waals surface area contributed by atoms with Crippen molar-refractivity contribution in [2.24, 2.45) is 0 Å². The molecule has 7 N–H and O–H groups in total. The average Bonchev–Trinajstić information content (AvgIpc) is 2.61. The minimum Gasteiger partial charge on any atom is -0.394 e. The maximum atomic E-state index is 10.2. The molecule has 0 bridgehead atoms. The van der Waals surface area contributed by atoms with Gasteiger partial charge in [-0.3, -0.25) is 0 Å². The SMILES string of the molecule is CCO[C@@H]1O[C@H](CO)C(OC2O[C@H](CO)C(O)[C@H](O)C2O)[C@H](O)C1O. The van der Waals surface area contributed by atoms with Crippen molar-refractivity contribution >= 4 is 0 Å². The molecule has 0 aliphatic carbocycles. The van der Waals surface area contributed by atoms with E-state index in [0.29, 0.717) is 0 Å². The van der Waals surface area contributed by atoms with E-state index in [1.165, 1.54) is 0 Å². The first-order valence-electron chi connectivity index (χ1n) is 8.05. The molecule has 11 nitrogen and oxygen atoms in total. The van der Waals surface area contributed by atoms with E-state index in [0.717, 1.165) is 0 Å². The first kappa shape index (κ1) is 20.9. The molecule has 2 saturated heterocycles. The molecule has 0 aromatic carbocycles. The highest BCUT2D eigenvalue weighted by Gasteiger charge is 2.50. The topological polar surface area (TPSA) is 179 Å². The molecule has 11 heteroatoms. The molecule has 5 unspecified atom stereocenters. The number of rotatable bonds is 6. The van der Waals surface area contributed by atoms with E-state index in [1.807, 2.05) is 0 Å². The van der Waals surface area contributed by atoms with E-state index < -0.39 is 74.6 Å². The third-order valence-electron chi connectivity index (χ3n) is 4.29. The van der Waals surface area contributed by atoms with Crippen molar-refractivity contribution in [1.82, 2.24) is 0 Å². The Morgan fingerprint density at radius 1 is 0.720 bits per heavy atom. The van der Waals surface area contributed by atoms with Crippen LogP contribution in [0.4, 0.5) is 0 Å². The van der Waals surface area contributed by atoms with Crippen molar-refractivity contribution in [3.63, 3.8) is 0 Å². The summed E-state index contributed by atoms with van der Waals surface area (Å²) in [6.07, 6.45) is -14.3. The van der Waals surface area contributed by atoms with Crippen molar-refractivity contribution in [3.05, 3.63) is 0 Å². The van der Waals surface area contributed by atoms with Gasteiger partial charge in [0.05, 0.1) is 13.2 Å². The van der Waals surface area contributed by atoms with Gasteiger partial charge >= 0.3 is 0 Å². The monoisotopic (exact) mass is 370 g/mol. The second kappa shape index (κ2) is 8.97. The van der Waals surface area contributed by atoms with Crippen LogP contribution in [0.25, 0.3) is 0 Å². The zero-order valence-electron chi connectivity index (χ0n) is 13.7. The second-order valence-electron chi connectivity index (χ2n) is 5.96. The Morgan fingerprint density at radius 3 is 1.84 bits per heavy atom. The number of ether oxygens (including phenoxy) is 4. The van der Waals surface area contributed by atoms with Gasteiger partial charge in [0.2, 0.25) is 0 Å². The predicted octanol–water partition coefficient (Wildman–Crippen LogP) is -4.35. The summed E-state index contributed by atoms with van der Waals surface area (Å²) in [4.78, 5) is 0. The summed E-state index contributed by atoms with van der Waals surface area (Å²) in [7, 11) is 0. The summed E-state index contributed by atoms with van der Waals surface area (Å²) in [6, 6.07) is 0. The Labute approximate surface area is 143 Å². The first-order chi connectivity index (χ1) is 11.8. The quantitative estimate of drug-likeness (QED) is 0.240. The molecule has 0 aromatic rings. The smallest absolute Gasteiger partial charge is 0.187 e. The number of hydrogen-bond donors (Lipinski definition) is 7. The van der Waals surface area contributed by atoms with Gasteiger partial charge in [-0.15, -0.1) is 0 Å². The Bertz CT molecular complexity index is 406. The summed E-state index contributed by atoms with van der Waals surface area (Å²) >= 11 is 0. The zero-order valence-corrected chi connectivity index (χ0v) is 13.7. The lowest BCUT2D eigenvalue weighted by Gasteiger charge is -2.45. The number of aliphatic hydroxyl groups excluding tert-OH is 7. The summed E-state index contributed by atoms with van der Waals surface area (Å²) in [6.45, 7) is 0.625. The molecular formula is C14H26O11. The van der Waals surface area contributed by atoms with Gasteiger partial charge in [-0.2, -0.15) is 0 Å². The van der Waals surface area contributed by atoms with Gasteiger partial charge in [0.25, 0.3) is 0 Å². The number of hydrogen-bond acceptors (Lipinski definition) is 11. The standard InChI is InChI=1S/C14H26O11/c1-2-22-13-11(21)9(19)12(6(4-16)24-13)25-14-10(20)8(18)7(17)5(3-15)23-14/h5-21H,2-4H2,1H3/t5-,6-,7?,8+,9-,10?,11?,12?,13-,14?/m1/s1. The molecule has 0 radical (unpaired) electrons. The summed E-state index contributed by atoms with van der Waals surface area (Å²) in [5.41, 5.74) is 0. The molecule has 148 valence electrons. The minimum absolute atomic E-state index is 0.199. The Hall–Kier alpha value is -0.440. The van der Waals surface area contributed by atoms with Crippen LogP contribution in [0.3, 0.4) is 0 Å². The molecule has 2 aliphatic heterocycles. The molecule has 10 atom stereocenters. The van der Waals surface area contributed by atoms with Crippen LogP contribution in [0.5, 0.6) is 0 Å². The maximum absolute atomic E-state index is 10.2. The zero-order chi connectivity index (χ0) is 18.7. The Balaban J connectivity index is 2.11. The molecule has 0 amide bonds. The fourth-order valence-electron chi connectivity index (χ4n) is 2.86. The van der Waals surface area contributed by atoms with Crippen molar-refractivity contribution in [2.75, 3.05) is 19.8 Å². The molecule has 0 saturated carbocycles. The van der Waals surface area contributed by atoms with Gasteiger partial charge in [0.15, 0.2) is 12.6 Å². The predicted molar refractivity (Wildman–Crippen MR) is 78.0 cm³/mol. The molecule has 25 heavy (non-hydrogen) atoms. The molecular weight excluding hydrogens is 344 g/mol. The van der Waals surface area contributed by atoms with Crippen LogP contribution in [0.15, 0.2) is 0 Å². The van der Waals surface area contributed by atoms with Gasteiger partial charge in [0.1, 0.15) is 48.8 Å². The average molecular weight is 370 g/mol. The van der Waals surface area contributed by atoms with Crippen LogP contribution in [0, 0.1) is 0 Å². The van der Waals surface area contributed by atoms with Crippen LogP contribution in [0.2, 0.25) is 0 Å². The van der Waals surface area contributed by atoms with E-state index in [4.69, 9.17) is 18.9 Å². The summed E-state index contributed by atoms with van der Waals surface area (Å²) < 4.78 is 21.1. The van der Waals surface area contributed by atoms with Crippen LogP contribution >= 0.6 is 0 Å². The maximum Gasteiger partial charge on any atom is 0.187 e. The molecule has 2 heterocycles. The Morgan fingerprint density at radius 2 is 1.28 bits per heavy atom. The van der Waals surface area contributed by atoms with Gasteiger partial charge in [-0.05, 0) is 6.92 Å². The highest BCUT2D eigenvalue weighted by Crippen LogP contribution is 2.29. The molecule has 0 spiro atoms. The molecule has 0 aromatic heterocycles. The minimum atomic E-state index is -1.69. The summed E-state index contributed by atoms with van der Waals surface area (Å²) in [5.74, 6) is 0. The van der Waals surface area contributed by atoms with E-state index in [9.17, 15) is 35.7 Å². The van der Waals surface area contributed by atoms with Crippen molar-refractivity contribution < 1.29 is 54.7 Å². The van der Waals surface area contributed by atoms with Crippen molar-refractivity contribution in [2.45, 2.75) is 68.3 Å². The summed E-state index contributed by atoms with van der Waals surface area (Å²) in [5, 5.41) is 68.4. The van der Waals surface area contributed by atoms with Crippen molar-refractivity contribution in [1.29, 1.82) is 0 Å². The Kier molecular flexibility index (Phi) is 7.49. The molecule has 2 fully saturated rings. The van der Waals surface area contributed by atoms with Gasteiger partial charge in [-0.1, -0.05) is 0 Å². The fraction of sp³-hybridized carbons (Fsp3) is 1.00. The highest BCUT2D eigenvalue weighted by atomic mass is 16.7. The second-order valence-corrected chi connectivity index (χ2v) is 5.96. The largest absolute Gasteiger partial charge is 0.394 e. The lowest BCUT2D eigenvalue weighted by Crippen LogP contribution is -2.64. The van der Waals surface area contributed by atoms with Crippen LogP contribution in [-0.2, 0) is 18.9 Å². The van der Waals surface area contributed by atoms with Gasteiger partial charge in [-0.25, -0.2) is 0 Å². The van der Waals surface area contributed by atoms with Crippen LogP contribution in [0.1, 0.15) is 6.92 Å². The lowest BCUT2D eigenvalue weighted by molar-refractivity contribution is -0.359. The van der Waals surface area contributed by atoms with E-state index >= 15 is 0 Å². The van der Waals surface area contributed by atoms with Crippen molar-refractivity contribution in [3.8, 4) is 0 Å². The van der Waals surface area contributed by atoms with Gasteiger partial charge in [0, 0.05) is 6.61 Å². The van der Waals surface area contributed by atoms with Crippen LogP contribution < -0.4 is 0 Å². The van der Waals surface area contributed by atoms with E-state index in [-0.39, 0.29) is 6.61 Å². The molecule has 2 rings (SSSR count). The molecule has 2 aliphatic rings. The van der Waals surface area contributed by atoms with E-state index in [1.54, 1.807) is 6.92 Å². The first-order valence-corrected chi connectivity index (χ1v) is 8.05. The van der Waals surface area contributed by atoms with Gasteiger partial charge < -0.3 is 54.7 Å². The fourth-order valence-corrected chi connectivity index (χ4v) is 2.86. The third kappa shape index (κ3) is 4.28. The number of aliphatic hydroxyl groups is 7. The normalized spacial score (nSPS) is 48.5. The third-order valence-corrected chi connectivity index (χ3v) is 4.29. The highest BCUT2D eigenvalue weighted by molar-refractivity contribution is 4.93.